The van der Waals surface area contributed by atoms with Crippen molar-refractivity contribution >= 4 is 27.6 Å². The molecule has 2 aromatic carbocycles. The summed E-state index contributed by atoms with van der Waals surface area (Å²) in [6.07, 6.45) is 4.95. The van der Waals surface area contributed by atoms with Crippen molar-refractivity contribution in [3.63, 3.8) is 0 Å². The SMILES string of the molecule is Cc1cc(OCCCS(C)(=O)=O)cc(CO)c1-c1cccc2c1CCC2Oc1cc2c(cn1)[C@H](CC(=O)O)CS2. The Morgan fingerprint density at radius 2 is 2.02 bits per heavy atom. The number of rotatable bonds is 11. The van der Waals surface area contributed by atoms with Crippen LogP contribution in [0, 0.1) is 6.92 Å². The van der Waals surface area contributed by atoms with Gasteiger partial charge in [-0.05, 0) is 77.3 Å². The molecule has 8 nitrogen and oxygen atoms in total. The van der Waals surface area contributed by atoms with Gasteiger partial charge in [0.1, 0.15) is 21.7 Å². The van der Waals surface area contributed by atoms with Crippen LogP contribution < -0.4 is 9.47 Å². The Balaban J connectivity index is 1.35. The molecule has 2 aliphatic rings. The van der Waals surface area contributed by atoms with E-state index < -0.39 is 15.8 Å². The molecule has 0 spiro atoms. The quantitative estimate of drug-likeness (QED) is 0.297. The first-order chi connectivity index (χ1) is 19.1. The minimum Gasteiger partial charge on any atom is -0.494 e. The highest BCUT2D eigenvalue weighted by Crippen LogP contribution is 2.45. The van der Waals surface area contributed by atoms with Crippen LogP contribution in [-0.4, -0.2) is 54.0 Å². The fourth-order valence-electron chi connectivity index (χ4n) is 5.63. The first-order valence-corrected chi connectivity index (χ1v) is 16.4. The van der Waals surface area contributed by atoms with Crippen LogP contribution in [0.5, 0.6) is 11.6 Å². The molecule has 5 rings (SSSR count). The summed E-state index contributed by atoms with van der Waals surface area (Å²) in [7, 11) is -3.04. The smallest absolute Gasteiger partial charge is 0.303 e. The maximum absolute atomic E-state index is 11.4. The normalized spacial score (nSPS) is 17.9. The summed E-state index contributed by atoms with van der Waals surface area (Å²) in [5.41, 5.74) is 7.01. The molecule has 212 valence electrons. The zero-order valence-electron chi connectivity index (χ0n) is 22.6. The number of thioether (sulfide) groups is 1. The van der Waals surface area contributed by atoms with Crippen molar-refractivity contribution in [2.75, 3.05) is 24.4 Å². The number of hydrogen-bond acceptors (Lipinski definition) is 8. The molecule has 0 amide bonds. The number of carboxylic acids is 1. The van der Waals surface area contributed by atoms with E-state index in [0.29, 0.717) is 18.1 Å². The predicted octanol–water partition coefficient (Wildman–Crippen LogP) is 5.09. The van der Waals surface area contributed by atoms with E-state index in [1.807, 2.05) is 31.2 Å². The summed E-state index contributed by atoms with van der Waals surface area (Å²) in [6.45, 7) is 2.12. The molecule has 40 heavy (non-hydrogen) atoms. The lowest BCUT2D eigenvalue weighted by molar-refractivity contribution is -0.137. The fourth-order valence-corrected chi connectivity index (χ4v) is 7.52. The molecule has 0 radical (unpaired) electrons. The Morgan fingerprint density at radius 1 is 1.20 bits per heavy atom. The number of nitrogens with zero attached hydrogens (tertiary/aromatic N) is 1. The highest BCUT2D eigenvalue weighted by atomic mass is 32.2. The fraction of sp³-hybridized carbons (Fsp3) is 0.400. The van der Waals surface area contributed by atoms with Crippen molar-refractivity contribution in [1.29, 1.82) is 0 Å². The minimum absolute atomic E-state index is 0.0259. The largest absolute Gasteiger partial charge is 0.494 e. The van der Waals surface area contributed by atoms with E-state index in [1.165, 1.54) is 11.8 Å². The number of hydrogen-bond donors (Lipinski definition) is 2. The number of pyridine rings is 1. The number of benzene rings is 2. The predicted molar refractivity (Wildman–Crippen MR) is 154 cm³/mol. The van der Waals surface area contributed by atoms with Crippen LogP contribution in [0.3, 0.4) is 0 Å². The monoisotopic (exact) mass is 583 g/mol. The zero-order valence-corrected chi connectivity index (χ0v) is 24.2. The lowest BCUT2D eigenvalue weighted by atomic mass is 9.90. The maximum atomic E-state index is 11.4. The third-order valence-electron chi connectivity index (χ3n) is 7.41. The van der Waals surface area contributed by atoms with Gasteiger partial charge in [0.25, 0.3) is 0 Å². The van der Waals surface area contributed by atoms with E-state index in [4.69, 9.17) is 9.47 Å². The van der Waals surface area contributed by atoms with E-state index in [1.54, 1.807) is 18.0 Å². The summed E-state index contributed by atoms with van der Waals surface area (Å²) in [5.74, 6) is 1.13. The molecule has 0 fully saturated rings. The summed E-state index contributed by atoms with van der Waals surface area (Å²) in [6, 6.07) is 11.8. The molecule has 10 heteroatoms. The van der Waals surface area contributed by atoms with Gasteiger partial charge in [0.05, 0.1) is 25.4 Å². The van der Waals surface area contributed by atoms with E-state index in [2.05, 4.69) is 17.1 Å². The Morgan fingerprint density at radius 3 is 2.77 bits per heavy atom. The molecule has 2 atom stereocenters. The molecule has 1 aliphatic carbocycles. The van der Waals surface area contributed by atoms with Gasteiger partial charge in [-0.15, -0.1) is 11.8 Å². The highest BCUT2D eigenvalue weighted by Gasteiger charge is 2.30. The van der Waals surface area contributed by atoms with Gasteiger partial charge in [0, 0.05) is 35.1 Å². The summed E-state index contributed by atoms with van der Waals surface area (Å²) in [4.78, 5) is 16.7. The number of carboxylic acid groups (broad SMARTS) is 1. The number of ether oxygens (including phenoxy) is 2. The van der Waals surface area contributed by atoms with Gasteiger partial charge in [0.2, 0.25) is 5.88 Å². The van der Waals surface area contributed by atoms with Crippen molar-refractivity contribution < 1.29 is 32.9 Å². The van der Waals surface area contributed by atoms with Gasteiger partial charge in [-0.2, -0.15) is 0 Å². The number of fused-ring (bicyclic) bond motifs is 2. The second-order valence-corrected chi connectivity index (χ2v) is 13.8. The van der Waals surface area contributed by atoms with E-state index in [9.17, 15) is 23.4 Å². The number of aryl methyl sites for hydroxylation is 1. The second kappa shape index (κ2) is 11.8. The van der Waals surface area contributed by atoms with Gasteiger partial charge in [-0.3, -0.25) is 4.79 Å². The second-order valence-electron chi connectivity index (χ2n) is 10.4. The Labute approximate surface area is 238 Å². The van der Waals surface area contributed by atoms with E-state index >= 15 is 0 Å². The minimum atomic E-state index is -3.04. The Kier molecular flexibility index (Phi) is 8.39. The van der Waals surface area contributed by atoms with Crippen LogP contribution in [0.15, 0.2) is 47.5 Å². The van der Waals surface area contributed by atoms with Gasteiger partial charge < -0.3 is 19.7 Å². The van der Waals surface area contributed by atoms with Gasteiger partial charge in [-0.25, -0.2) is 13.4 Å². The average molecular weight is 584 g/mol. The Bertz CT molecular complexity index is 1540. The lowest BCUT2D eigenvalue weighted by Gasteiger charge is -2.19. The number of aliphatic hydroxyl groups excluding tert-OH is 1. The number of aromatic nitrogens is 1. The van der Waals surface area contributed by atoms with Crippen molar-refractivity contribution in [2.24, 2.45) is 0 Å². The molecule has 1 aromatic heterocycles. The van der Waals surface area contributed by atoms with Crippen LogP contribution in [0.4, 0.5) is 0 Å². The molecule has 0 bridgehead atoms. The van der Waals surface area contributed by atoms with Crippen molar-refractivity contribution in [1.82, 2.24) is 4.98 Å². The van der Waals surface area contributed by atoms with E-state index in [-0.39, 0.29) is 37.4 Å². The molecular formula is C30H33NO7S2. The van der Waals surface area contributed by atoms with Gasteiger partial charge in [0.15, 0.2) is 0 Å². The molecule has 0 saturated carbocycles. The van der Waals surface area contributed by atoms with Crippen molar-refractivity contribution in [3.8, 4) is 22.8 Å². The Hall–Kier alpha value is -3.08. The van der Waals surface area contributed by atoms with E-state index in [0.717, 1.165) is 56.9 Å². The lowest BCUT2D eigenvalue weighted by Crippen LogP contribution is -2.08. The standard InChI is InChI=1S/C30H33NO7S2/c1-18-11-21(37-9-4-10-40(2,35)36)12-19(16-32)30(18)24-6-3-5-23-22(24)7-8-26(23)38-28-14-27-25(15-31-28)20(17-39-27)13-29(33)34/h3,5-6,11-12,14-15,20,26,32H,4,7-10,13,16-17H2,1-2H3,(H,33,34)/t20-,26?/m1/s1. The average Bonchev–Trinajstić information content (AvgIpc) is 3.49. The molecule has 3 aromatic rings. The van der Waals surface area contributed by atoms with Crippen LogP contribution in [0.1, 0.15) is 59.1 Å². The third-order valence-corrected chi connectivity index (χ3v) is 9.67. The molecule has 2 N–H and O–H groups in total. The van der Waals surface area contributed by atoms with Crippen LogP contribution in [0.25, 0.3) is 11.1 Å². The number of carbonyl (C=O) groups is 1. The number of aliphatic hydroxyl groups is 1. The van der Waals surface area contributed by atoms with Crippen LogP contribution in [0.2, 0.25) is 0 Å². The number of sulfone groups is 1. The molecule has 1 aliphatic heterocycles. The first-order valence-electron chi connectivity index (χ1n) is 13.3. The maximum Gasteiger partial charge on any atom is 0.303 e. The number of aliphatic carboxylic acids is 1. The topological polar surface area (TPSA) is 123 Å². The molecule has 2 heterocycles. The van der Waals surface area contributed by atoms with Gasteiger partial charge in [-0.1, -0.05) is 18.2 Å². The molecule has 1 unspecified atom stereocenters. The first kappa shape index (κ1) is 28.4. The van der Waals surface area contributed by atoms with Crippen molar-refractivity contribution in [2.45, 2.75) is 56.1 Å². The van der Waals surface area contributed by atoms with Crippen molar-refractivity contribution in [3.05, 3.63) is 70.4 Å². The third kappa shape index (κ3) is 6.29. The van der Waals surface area contributed by atoms with Crippen LogP contribution in [-0.2, 0) is 27.7 Å². The highest BCUT2D eigenvalue weighted by molar-refractivity contribution is 7.99. The van der Waals surface area contributed by atoms with Crippen LogP contribution >= 0.6 is 11.8 Å². The summed E-state index contributed by atoms with van der Waals surface area (Å²) >= 11 is 1.65. The molecule has 0 saturated heterocycles. The summed E-state index contributed by atoms with van der Waals surface area (Å²) < 4.78 is 35.0. The van der Waals surface area contributed by atoms with Gasteiger partial charge >= 0.3 is 5.97 Å². The molecular weight excluding hydrogens is 550 g/mol. The zero-order chi connectivity index (χ0) is 28.4. The summed E-state index contributed by atoms with van der Waals surface area (Å²) in [5, 5.41) is 19.4.